The fourth-order valence-electron chi connectivity index (χ4n) is 1.74. The summed E-state index contributed by atoms with van der Waals surface area (Å²) in [5, 5.41) is 3.71. The topological polar surface area (TPSA) is 38.3 Å². The molecule has 0 aliphatic heterocycles. The molecule has 2 aromatic carbocycles. The van der Waals surface area contributed by atoms with Crippen LogP contribution in [0.15, 0.2) is 48.5 Å². The van der Waals surface area contributed by atoms with Gasteiger partial charge in [0, 0.05) is 11.4 Å². The highest BCUT2D eigenvalue weighted by Gasteiger charge is 2.06. The van der Waals surface area contributed by atoms with Crippen LogP contribution < -0.4 is 10.1 Å². The zero-order valence-electron chi connectivity index (χ0n) is 11.3. The minimum atomic E-state index is -0.101. The van der Waals surface area contributed by atoms with Gasteiger partial charge in [-0.2, -0.15) is 0 Å². The van der Waals surface area contributed by atoms with E-state index in [1.807, 2.05) is 30.3 Å². The summed E-state index contributed by atoms with van der Waals surface area (Å²) in [7, 11) is 0. The number of para-hydroxylation sites is 1. The molecule has 0 unspecified atom stereocenters. The maximum Gasteiger partial charge on any atom is 0.224 e. The first-order valence-corrected chi connectivity index (χ1v) is 7.33. The Morgan fingerprint density at radius 1 is 1.10 bits per heavy atom. The Kier molecular flexibility index (Phi) is 5.90. The Morgan fingerprint density at radius 2 is 1.86 bits per heavy atom. The molecular weight excluding hydrogens is 309 g/mol. The van der Waals surface area contributed by atoms with Crippen molar-refractivity contribution in [1.29, 1.82) is 0 Å². The van der Waals surface area contributed by atoms with Crippen molar-refractivity contribution in [2.45, 2.75) is 12.8 Å². The van der Waals surface area contributed by atoms with Crippen molar-refractivity contribution in [2.75, 3.05) is 11.9 Å². The molecule has 1 N–H and O–H groups in total. The molecule has 21 heavy (non-hydrogen) atoms. The fraction of sp³-hybridized carbons (Fsp3) is 0.188. The normalized spacial score (nSPS) is 10.2. The van der Waals surface area contributed by atoms with Crippen molar-refractivity contribution >= 4 is 34.8 Å². The van der Waals surface area contributed by atoms with Gasteiger partial charge in [-0.15, -0.1) is 0 Å². The molecule has 2 rings (SSSR count). The number of benzene rings is 2. The van der Waals surface area contributed by atoms with Crippen LogP contribution in [-0.4, -0.2) is 12.5 Å². The zero-order valence-corrected chi connectivity index (χ0v) is 12.8. The van der Waals surface area contributed by atoms with Crippen molar-refractivity contribution in [1.82, 2.24) is 0 Å². The lowest BCUT2D eigenvalue weighted by atomic mass is 10.2. The summed E-state index contributed by atoms with van der Waals surface area (Å²) in [6.07, 6.45) is 0.998. The minimum absolute atomic E-state index is 0.101. The molecule has 0 heterocycles. The highest BCUT2D eigenvalue weighted by atomic mass is 35.5. The number of rotatable bonds is 6. The molecule has 0 aromatic heterocycles. The maximum absolute atomic E-state index is 11.8. The lowest BCUT2D eigenvalue weighted by Gasteiger charge is -2.08. The predicted molar refractivity (Wildman–Crippen MR) is 86.3 cm³/mol. The lowest BCUT2D eigenvalue weighted by molar-refractivity contribution is -0.116. The summed E-state index contributed by atoms with van der Waals surface area (Å²) in [6, 6.07) is 14.5. The molecule has 1 amide bonds. The predicted octanol–water partition coefficient (Wildman–Crippen LogP) is 4.79. The van der Waals surface area contributed by atoms with Crippen molar-refractivity contribution in [3.05, 3.63) is 58.6 Å². The summed E-state index contributed by atoms with van der Waals surface area (Å²) in [6.45, 7) is 0.492. The third-order valence-corrected chi connectivity index (χ3v) is 3.31. The average Bonchev–Trinajstić information content (AvgIpc) is 2.48. The van der Waals surface area contributed by atoms with Crippen molar-refractivity contribution in [3.8, 4) is 5.75 Å². The lowest BCUT2D eigenvalue weighted by Crippen LogP contribution is -2.13. The Hall–Kier alpha value is -1.71. The van der Waals surface area contributed by atoms with E-state index >= 15 is 0 Å². The van der Waals surface area contributed by atoms with E-state index in [-0.39, 0.29) is 5.91 Å². The van der Waals surface area contributed by atoms with Crippen molar-refractivity contribution in [3.63, 3.8) is 0 Å². The van der Waals surface area contributed by atoms with E-state index in [1.165, 1.54) is 0 Å². The zero-order chi connectivity index (χ0) is 15.1. The molecular formula is C16H15Cl2NO2. The molecule has 0 aliphatic carbocycles. The largest absolute Gasteiger partial charge is 0.494 e. The van der Waals surface area contributed by atoms with Gasteiger partial charge in [0.1, 0.15) is 5.75 Å². The Balaban J connectivity index is 1.72. The molecule has 110 valence electrons. The molecule has 0 aliphatic rings. The quantitative estimate of drug-likeness (QED) is 0.776. The first-order valence-electron chi connectivity index (χ1n) is 6.58. The minimum Gasteiger partial charge on any atom is -0.494 e. The number of hydrogen-bond donors (Lipinski definition) is 1. The van der Waals surface area contributed by atoms with Gasteiger partial charge in [0.25, 0.3) is 0 Å². The smallest absolute Gasteiger partial charge is 0.224 e. The summed E-state index contributed by atoms with van der Waals surface area (Å²) in [5.74, 6) is 0.703. The van der Waals surface area contributed by atoms with Gasteiger partial charge in [-0.1, -0.05) is 41.4 Å². The molecule has 0 fully saturated rings. The average molecular weight is 324 g/mol. The Morgan fingerprint density at radius 3 is 2.57 bits per heavy atom. The summed E-state index contributed by atoms with van der Waals surface area (Å²) in [4.78, 5) is 11.8. The third kappa shape index (κ3) is 5.29. The first-order chi connectivity index (χ1) is 10.1. The summed E-state index contributed by atoms with van der Waals surface area (Å²) in [5.41, 5.74) is 0.565. The highest BCUT2D eigenvalue weighted by molar-refractivity contribution is 6.36. The summed E-state index contributed by atoms with van der Waals surface area (Å²) >= 11 is 11.8. The Labute approximate surface area is 133 Å². The van der Waals surface area contributed by atoms with Gasteiger partial charge in [-0.3, -0.25) is 4.79 Å². The number of carbonyl (C=O) groups is 1. The summed E-state index contributed by atoms with van der Waals surface area (Å²) < 4.78 is 5.52. The van der Waals surface area contributed by atoms with Crippen LogP contribution in [0.1, 0.15) is 12.8 Å². The first kappa shape index (κ1) is 15.7. The van der Waals surface area contributed by atoms with E-state index in [9.17, 15) is 4.79 Å². The second-order valence-electron chi connectivity index (χ2n) is 4.44. The molecule has 0 spiro atoms. The van der Waals surface area contributed by atoms with Gasteiger partial charge in [0.05, 0.1) is 17.3 Å². The van der Waals surface area contributed by atoms with Gasteiger partial charge in [0.15, 0.2) is 0 Å². The highest BCUT2D eigenvalue weighted by Crippen LogP contribution is 2.25. The van der Waals surface area contributed by atoms with Crippen molar-refractivity contribution in [2.24, 2.45) is 0 Å². The van der Waals surface area contributed by atoms with Crippen LogP contribution in [0.3, 0.4) is 0 Å². The van der Waals surface area contributed by atoms with E-state index in [4.69, 9.17) is 27.9 Å². The number of nitrogens with one attached hydrogen (secondary N) is 1. The van der Waals surface area contributed by atoms with E-state index < -0.39 is 0 Å². The standard InChI is InChI=1S/C16H15Cl2NO2/c17-12-8-9-15(14(18)11-12)19-16(20)7-4-10-21-13-5-2-1-3-6-13/h1-3,5-6,8-9,11H,4,7,10H2,(H,19,20). The number of halogens is 2. The van der Waals surface area contributed by atoms with E-state index in [0.29, 0.717) is 35.2 Å². The van der Waals surface area contributed by atoms with Crippen LogP contribution in [0.5, 0.6) is 5.75 Å². The van der Waals surface area contributed by atoms with Crippen LogP contribution in [0.2, 0.25) is 10.0 Å². The van der Waals surface area contributed by atoms with Crippen LogP contribution >= 0.6 is 23.2 Å². The van der Waals surface area contributed by atoms with Gasteiger partial charge < -0.3 is 10.1 Å². The molecule has 0 saturated carbocycles. The Bertz CT molecular complexity index is 602. The van der Waals surface area contributed by atoms with Gasteiger partial charge >= 0.3 is 0 Å². The molecule has 0 bridgehead atoms. The number of anilines is 1. The monoisotopic (exact) mass is 323 g/mol. The number of hydrogen-bond acceptors (Lipinski definition) is 2. The SMILES string of the molecule is O=C(CCCOc1ccccc1)Nc1ccc(Cl)cc1Cl. The third-order valence-electron chi connectivity index (χ3n) is 2.77. The van der Waals surface area contributed by atoms with E-state index in [0.717, 1.165) is 5.75 Å². The number of ether oxygens (including phenoxy) is 1. The molecule has 0 radical (unpaired) electrons. The van der Waals surface area contributed by atoms with E-state index in [2.05, 4.69) is 5.32 Å². The van der Waals surface area contributed by atoms with Gasteiger partial charge in [0.2, 0.25) is 5.91 Å². The maximum atomic E-state index is 11.8. The number of carbonyl (C=O) groups excluding carboxylic acids is 1. The molecule has 3 nitrogen and oxygen atoms in total. The van der Waals surface area contributed by atoms with Crippen LogP contribution in [0.4, 0.5) is 5.69 Å². The van der Waals surface area contributed by atoms with Crippen molar-refractivity contribution < 1.29 is 9.53 Å². The molecule has 0 saturated heterocycles. The number of amides is 1. The molecule has 5 heteroatoms. The molecule has 2 aromatic rings. The van der Waals surface area contributed by atoms with Crippen LogP contribution in [-0.2, 0) is 4.79 Å². The van der Waals surface area contributed by atoms with Gasteiger partial charge in [-0.25, -0.2) is 0 Å². The van der Waals surface area contributed by atoms with Gasteiger partial charge in [-0.05, 0) is 36.8 Å². The van der Waals surface area contributed by atoms with Crippen LogP contribution in [0, 0.1) is 0 Å². The second kappa shape index (κ2) is 7.91. The van der Waals surface area contributed by atoms with E-state index in [1.54, 1.807) is 18.2 Å². The van der Waals surface area contributed by atoms with Crippen LogP contribution in [0.25, 0.3) is 0 Å². The fourth-order valence-corrected chi connectivity index (χ4v) is 2.20. The second-order valence-corrected chi connectivity index (χ2v) is 5.28. The molecule has 0 atom stereocenters.